The van der Waals surface area contributed by atoms with E-state index >= 15 is 0 Å². The second-order valence-electron chi connectivity index (χ2n) is 5.18. The van der Waals surface area contributed by atoms with Gasteiger partial charge in [-0.25, -0.2) is 0 Å². The molecule has 108 valence electrons. The van der Waals surface area contributed by atoms with Crippen LogP contribution >= 0.6 is 11.6 Å². The highest BCUT2D eigenvalue weighted by Gasteiger charge is 2.24. The molecule has 0 aromatic heterocycles. The van der Waals surface area contributed by atoms with E-state index in [2.05, 4.69) is 22.9 Å². The van der Waals surface area contributed by atoms with E-state index in [0.717, 1.165) is 43.1 Å². The third-order valence-corrected chi connectivity index (χ3v) is 4.10. The van der Waals surface area contributed by atoms with E-state index in [9.17, 15) is 4.79 Å². The monoisotopic (exact) mass is 292 g/mol. The summed E-state index contributed by atoms with van der Waals surface area (Å²) in [4.78, 5) is 14.2. The molecule has 1 aliphatic rings. The third-order valence-electron chi connectivity index (χ3n) is 3.73. The zero-order valence-electron chi connectivity index (χ0n) is 11.6. The molecule has 1 aromatic rings. The van der Waals surface area contributed by atoms with Crippen LogP contribution in [-0.4, -0.2) is 30.4 Å². The molecule has 0 spiro atoms. The number of nitrogens with one attached hydrogen (secondary N) is 1. The van der Waals surface area contributed by atoms with Crippen molar-refractivity contribution in [1.29, 1.82) is 0 Å². The molecule has 0 radical (unpaired) electrons. The lowest BCUT2D eigenvalue weighted by molar-refractivity contribution is -0.126. The van der Waals surface area contributed by atoms with Crippen LogP contribution in [0.4, 0.5) is 0 Å². The second-order valence-corrected chi connectivity index (χ2v) is 5.58. The molecule has 0 atom stereocenters. The van der Waals surface area contributed by atoms with E-state index < -0.39 is 0 Å². The molecule has 1 aromatic carbocycles. The number of rotatable bonds is 5. The summed E-state index contributed by atoms with van der Waals surface area (Å²) in [5.41, 5.74) is 1.16. The molecule has 1 saturated heterocycles. The van der Waals surface area contributed by atoms with Crippen molar-refractivity contribution in [1.82, 2.24) is 10.2 Å². The van der Waals surface area contributed by atoms with Gasteiger partial charge < -0.3 is 5.32 Å². The zero-order chi connectivity index (χ0) is 14.4. The lowest BCUT2D eigenvalue weighted by Gasteiger charge is -2.31. The van der Waals surface area contributed by atoms with Gasteiger partial charge >= 0.3 is 0 Å². The van der Waals surface area contributed by atoms with Crippen LogP contribution in [-0.2, 0) is 11.3 Å². The van der Waals surface area contributed by atoms with Crippen LogP contribution in [0, 0.1) is 5.92 Å². The highest BCUT2D eigenvalue weighted by molar-refractivity contribution is 6.31. The van der Waals surface area contributed by atoms with E-state index in [-0.39, 0.29) is 11.8 Å². The summed E-state index contributed by atoms with van der Waals surface area (Å²) in [6, 6.07) is 7.94. The Balaban J connectivity index is 1.81. The summed E-state index contributed by atoms with van der Waals surface area (Å²) < 4.78 is 0. The van der Waals surface area contributed by atoms with Crippen molar-refractivity contribution >= 4 is 17.5 Å². The maximum atomic E-state index is 11.9. The van der Waals surface area contributed by atoms with E-state index in [1.165, 1.54) is 0 Å². The molecule has 1 fully saturated rings. The molecule has 1 amide bonds. The number of amides is 1. The van der Waals surface area contributed by atoms with Gasteiger partial charge in [-0.15, -0.1) is 6.58 Å². The normalized spacial score (nSPS) is 16.9. The number of hydrogen-bond acceptors (Lipinski definition) is 2. The summed E-state index contributed by atoms with van der Waals surface area (Å²) in [5.74, 6) is 0.291. The van der Waals surface area contributed by atoms with Crippen molar-refractivity contribution in [3.63, 3.8) is 0 Å². The number of likely N-dealkylation sites (tertiary alicyclic amines) is 1. The number of halogens is 1. The molecule has 0 saturated carbocycles. The number of hydrogen-bond donors (Lipinski definition) is 1. The Morgan fingerprint density at radius 1 is 1.40 bits per heavy atom. The molecule has 3 nitrogen and oxygen atoms in total. The molecule has 0 bridgehead atoms. The van der Waals surface area contributed by atoms with Crippen LogP contribution in [0.5, 0.6) is 0 Å². The van der Waals surface area contributed by atoms with Crippen molar-refractivity contribution in [3.05, 3.63) is 47.5 Å². The van der Waals surface area contributed by atoms with Gasteiger partial charge in [-0.3, -0.25) is 9.69 Å². The minimum absolute atomic E-state index is 0.137. The van der Waals surface area contributed by atoms with Crippen molar-refractivity contribution in [2.24, 2.45) is 5.92 Å². The van der Waals surface area contributed by atoms with Gasteiger partial charge in [0.25, 0.3) is 0 Å². The number of nitrogens with zero attached hydrogens (tertiary/aromatic N) is 1. The largest absolute Gasteiger partial charge is 0.352 e. The molecule has 0 aliphatic carbocycles. The first-order valence-electron chi connectivity index (χ1n) is 7.05. The van der Waals surface area contributed by atoms with Crippen molar-refractivity contribution in [3.8, 4) is 0 Å². The number of piperidine rings is 1. The van der Waals surface area contributed by atoms with Crippen LogP contribution < -0.4 is 5.32 Å². The fraction of sp³-hybridized carbons (Fsp3) is 0.438. The molecule has 20 heavy (non-hydrogen) atoms. The Morgan fingerprint density at radius 3 is 2.75 bits per heavy atom. The van der Waals surface area contributed by atoms with Gasteiger partial charge in [0.15, 0.2) is 0 Å². The molecular weight excluding hydrogens is 272 g/mol. The lowest BCUT2D eigenvalue weighted by Crippen LogP contribution is -2.40. The fourth-order valence-electron chi connectivity index (χ4n) is 2.54. The van der Waals surface area contributed by atoms with E-state index in [4.69, 9.17) is 11.6 Å². The quantitative estimate of drug-likeness (QED) is 0.847. The van der Waals surface area contributed by atoms with Crippen LogP contribution in [0.2, 0.25) is 5.02 Å². The fourth-order valence-corrected chi connectivity index (χ4v) is 2.73. The minimum Gasteiger partial charge on any atom is -0.352 e. The van der Waals surface area contributed by atoms with Gasteiger partial charge in [0, 0.05) is 24.0 Å². The van der Waals surface area contributed by atoms with Crippen molar-refractivity contribution in [2.75, 3.05) is 19.6 Å². The summed E-state index contributed by atoms with van der Waals surface area (Å²) >= 11 is 6.18. The molecule has 1 heterocycles. The number of carbonyl (C=O) groups excluding carboxylic acids is 1. The SMILES string of the molecule is C=CCNC(=O)C1CCN(Cc2ccccc2Cl)CC1. The summed E-state index contributed by atoms with van der Waals surface area (Å²) in [6.45, 7) is 6.91. The third kappa shape index (κ3) is 4.09. The first kappa shape index (κ1) is 15.1. The standard InChI is InChI=1S/C16H21ClN2O/c1-2-9-18-16(20)13-7-10-19(11-8-13)12-14-5-3-4-6-15(14)17/h2-6,13H,1,7-12H2,(H,18,20). The Kier molecular flexibility index (Phi) is 5.62. The lowest BCUT2D eigenvalue weighted by atomic mass is 9.95. The predicted octanol–water partition coefficient (Wildman–Crippen LogP) is 2.85. The average molecular weight is 293 g/mol. The summed E-state index contributed by atoms with van der Waals surface area (Å²) in [6.07, 6.45) is 3.53. The highest BCUT2D eigenvalue weighted by atomic mass is 35.5. The predicted molar refractivity (Wildman–Crippen MR) is 82.7 cm³/mol. The van der Waals surface area contributed by atoms with Crippen LogP contribution in [0.1, 0.15) is 18.4 Å². The Bertz CT molecular complexity index is 467. The topological polar surface area (TPSA) is 32.3 Å². The molecular formula is C16H21ClN2O. The summed E-state index contributed by atoms with van der Waals surface area (Å²) in [7, 11) is 0. The van der Waals surface area contributed by atoms with Gasteiger partial charge in [-0.1, -0.05) is 35.9 Å². The Morgan fingerprint density at radius 2 is 2.10 bits per heavy atom. The molecule has 1 aliphatic heterocycles. The molecule has 2 rings (SSSR count). The maximum Gasteiger partial charge on any atom is 0.223 e. The molecule has 1 N–H and O–H groups in total. The van der Waals surface area contributed by atoms with E-state index in [0.29, 0.717) is 6.54 Å². The first-order valence-corrected chi connectivity index (χ1v) is 7.43. The van der Waals surface area contributed by atoms with Crippen molar-refractivity contribution < 1.29 is 4.79 Å². The van der Waals surface area contributed by atoms with Gasteiger partial charge in [0.05, 0.1) is 0 Å². The van der Waals surface area contributed by atoms with Crippen molar-refractivity contribution in [2.45, 2.75) is 19.4 Å². The van der Waals surface area contributed by atoms with Gasteiger partial charge in [0.2, 0.25) is 5.91 Å². The maximum absolute atomic E-state index is 11.9. The molecule has 4 heteroatoms. The van der Waals surface area contributed by atoms with Gasteiger partial charge in [-0.2, -0.15) is 0 Å². The number of benzene rings is 1. The second kappa shape index (κ2) is 7.46. The van der Waals surface area contributed by atoms with Crippen LogP contribution in [0.15, 0.2) is 36.9 Å². The number of carbonyl (C=O) groups is 1. The van der Waals surface area contributed by atoms with Gasteiger partial charge in [-0.05, 0) is 37.6 Å². The smallest absolute Gasteiger partial charge is 0.223 e. The highest BCUT2D eigenvalue weighted by Crippen LogP contribution is 2.22. The minimum atomic E-state index is 0.137. The van der Waals surface area contributed by atoms with E-state index in [1.807, 2.05) is 18.2 Å². The van der Waals surface area contributed by atoms with E-state index in [1.54, 1.807) is 6.08 Å². The Labute approximate surface area is 125 Å². The Hall–Kier alpha value is -1.32. The van der Waals surface area contributed by atoms with Crippen LogP contribution in [0.3, 0.4) is 0 Å². The first-order chi connectivity index (χ1) is 9.70. The van der Waals surface area contributed by atoms with Gasteiger partial charge in [0.1, 0.15) is 0 Å². The molecule has 0 unspecified atom stereocenters. The van der Waals surface area contributed by atoms with Crippen LogP contribution in [0.25, 0.3) is 0 Å². The zero-order valence-corrected chi connectivity index (χ0v) is 12.4. The summed E-state index contributed by atoms with van der Waals surface area (Å²) in [5, 5.41) is 3.70. The average Bonchev–Trinajstić information content (AvgIpc) is 2.48.